The van der Waals surface area contributed by atoms with E-state index in [0.29, 0.717) is 16.9 Å². The number of carboxylic acids is 1. The maximum absolute atomic E-state index is 14.6. The highest BCUT2D eigenvalue weighted by atomic mass is 35.5. The van der Waals surface area contributed by atoms with Crippen molar-refractivity contribution in [2.45, 2.75) is 39.3 Å². The molecule has 3 unspecified atom stereocenters. The van der Waals surface area contributed by atoms with Crippen LogP contribution in [0, 0.1) is 17.7 Å². The Kier molecular flexibility index (Phi) is 7.10. The molecule has 3 rings (SSSR count). The Bertz CT molecular complexity index is 1030. The molecular weight excluding hydrogens is 437 g/mol. The lowest BCUT2D eigenvalue weighted by atomic mass is 9.76. The number of benzene rings is 1. The minimum atomic E-state index is -1.34. The number of methoxy groups -OCH3 is 1. The molecule has 1 aromatic carbocycles. The first-order valence-electron chi connectivity index (χ1n) is 10.4. The lowest BCUT2D eigenvalue weighted by molar-refractivity contribution is -0.134. The van der Waals surface area contributed by atoms with Gasteiger partial charge in [-0.2, -0.15) is 0 Å². The predicted octanol–water partition coefficient (Wildman–Crippen LogP) is 3.74. The number of halogens is 2. The van der Waals surface area contributed by atoms with Crippen LogP contribution in [0.4, 0.5) is 4.39 Å². The van der Waals surface area contributed by atoms with E-state index < -0.39 is 29.7 Å². The highest BCUT2D eigenvalue weighted by Crippen LogP contribution is 2.40. The van der Waals surface area contributed by atoms with E-state index in [1.54, 1.807) is 23.1 Å². The second-order valence-electron chi connectivity index (χ2n) is 8.43. The fourth-order valence-corrected chi connectivity index (χ4v) is 4.75. The van der Waals surface area contributed by atoms with E-state index >= 15 is 0 Å². The van der Waals surface area contributed by atoms with Gasteiger partial charge in [-0.25, -0.2) is 9.18 Å². The van der Waals surface area contributed by atoms with Crippen molar-refractivity contribution in [3.8, 4) is 0 Å². The number of carboxylic acid groups (broad SMARTS) is 1. The molecule has 0 amide bonds. The van der Waals surface area contributed by atoms with Crippen molar-refractivity contribution in [1.82, 2.24) is 4.90 Å². The van der Waals surface area contributed by atoms with Gasteiger partial charge < -0.3 is 19.8 Å². The molecule has 1 aliphatic carbocycles. The lowest BCUT2D eigenvalue weighted by Gasteiger charge is -2.46. The van der Waals surface area contributed by atoms with Gasteiger partial charge in [-0.15, -0.1) is 0 Å². The van der Waals surface area contributed by atoms with Crippen molar-refractivity contribution in [3.05, 3.63) is 69.4 Å². The first-order chi connectivity index (χ1) is 15.1. The molecular formula is C24H27ClFNO5. The molecule has 8 heteroatoms. The number of aliphatic hydroxyl groups is 1. The summed E-state index contributed by atoms with van der Waals surface area (Å²) < 4.78 is 20.2. The summed E-state index contributed by atoms with van der Waals surface area (Å²) in [6.45, 7) is 5.50. The third-order valence-corrected chi connectivity index (χ3v) is 6.45. The van der Waals surface area contributed by atoms with Gasteiger partial charge in [-0.05, 0) is 29.2 Å². The normalized spacial score (nSPS) is 21.9. The molecule has 0 fully saturated rings. The molecule has 1 aromatic rings. The number of fused-ring (bicyclic) bond motifs is 1. The fraction of sp³-hybridized carbons (Fsp3) is 0.417. The Hall–Kier alpha value is -2.64. The molecule has 0 spiro atoms. The number of carbonyl (C=O) groups is 2. The average Bonchev–Trinajstić information content (AvgIpc) is 2.73. The molecule has 6 nitrogen and oxygen atoms in total. The quantitative estimate of drug-likeness (QED) is 0.599. The summed E-state index contributed by atoms with van der Waals surface area (Å²) in [7, 11) is 1.51. The van der Waals surface area contributed by atoms with Crippen LogP contribution in [0.15, 0.2) is 53.0 Å². The van der Waals surface area contributed by atoms with Crippen LogP contribution in [0.2, 0.25) is 5.02 Å². The fourth-order valence-electron chi connectivity index (χ4n) is 4.56. The highest BCUT2D eigenvalue weighted by molar-refractivity contribution is 6.30. The molecule has 0 saturated heterocycles. The van der Waals surface area contributed by atoms with E-state index in [2.05, 4.69) is 0 Å². The van der Waals surface area contributed by atoms with Gasteiger partial charge in [0.15, 0.2) is 5.78 Å². The van der Waals surface area contributed by atoms with Crippen LogP contribution < -0.4 is 0 Å². The summed E-state index contributed by atoms with van der Waals surface area (Å²) in [5, 5.41) is 19.7. The van der Waals surface area contributed by atoms with Crippen LogP contribution in [0.25, 0.3) is 0 Å². The Morgan fingerprint density at radius 3 is 2.59 bits per heavy atom. The monoisotopic (exact) mass is 463 g/mol. The van der Waals surface area contributed by atoms with E-state index in [9.17, 15) is 24.2 Å². The Balaban J connectivity index is 2.15. The third-order valence-electron chi connectivity index (χ3n) is 6.16. The van der Waals surface area contributed by atoms with Crippen molar-refractivity contribution in [3.63, 3.8) is 0 Å². The number of ether oxygens (including phenoxy) is 1. The van der Waals surface area contributed by atoms with Crippen LogP contribution in [0.5, 0.6) is 0 Å². The molecule has 0 saturated carbocycles. The van der Waals surface area contributed by atoms with Crippen LogP contribution >= 0.6 is 11.6 Å². The average molecular weight is 464 g/mol. The molecule has 1 heterocycles. The number of nitrogens with zero attached hydrogens (tertiary/aromatic N) is 1. The zero-order chi connectivity index (χ0) is 23.7. The maximum atomic E-state index is 14.6. The summed E-state index contributed by atoms with van der Waals surface area (Å²) in [4.78, 5) is 26.7. The second kappa shape index (κ2) is 9.46. The maximum Gasteiger partial charge on any atom is 0.341 e. The predicted molar refractivity (Wildman–Crippen MR) is 118 cm³/mol. The molecule has 0 bridgehead atoms. The van der Waals surface area contributed by atoms with E-state index in [-0.39, 0.29) is 41.0 Å². The molecule has 2 N–H and O–H groups in total. The van der Waals surface area contributed by atoms with Gasteiger partial charge in [0.05, 0.1) is 30.8 Å². The van der Waals surface area contributed by atoms with E-state index in [0.717, 1.165) is 0 Å². The Morgan fingerprint density at radius 2 is 2.03 bits per heavy atom. The molecule has 3 atom stereocenters. The van der Waals surface area contributed by atoms with E-state index in [1.165, 1.54) is 19.4 Å². The topological polar surface area (TPSA) is 87.1 Å². The Labute approximate surface area is 191 Å². The number of hydrogen-bond acceptors (Lipinski definition) is 5. The van der Waals surface area contributed by atoms with Crippen molar-refractivity contribution in [2.24, 2.45) is 11.8 Å². The number of aliphatic hydroxyl groups excluding tert-OH is 1. The van der Waals surface area contributed by atoms with Crippen LogP contribution in [-0.2, 0) is 20.7 Å². The van der Waals surface area contributed by atoms with E-state index in [4.69, 9.17) is 16.3 Å². The standard InChI is InChI=1S/C24H27ClFNO5/c1-12(2)19(11-28)27-10-17(24(30)31)22(29)16-9-15(23(32-4)13(3)21(16)27)8-14-6-5-7-18(25)20(14)26/h5-7,9-10,12-13,19,21,28H,8,11H2,1-4H3,(H,30,31). The number of allylic oxidation sites excluding steroid dienone is 2. The minimum Gasteiger partial charge on any atom is -0.500 e. The number of hydrogen-bond donors (Lipinski definition) is 2. The molecule has 172 valence electrons. The zero-order valence-electron chi connectivity index (χ0n) is 18.4. The van der Waals surface area contributed by atoms with Crippen LogP contribution in [0.1, 0.15) is 26.3 Å². The summed E-state index contributed by atoms with van der Waals surface area (Å²) in [5.74, 6) is -2.26. The van der Waals surface area contributed by atoms with Crippen LogP contribution in [-0.4, -0.2) is 52.7 Å². The van der Waals surface area contributed by atoms with Crippen molar-refractivity contribution >= 4 is 23.4 Å². The molecule has 32 heavy (non-hydrogen) atoms. The lowest BCUT2D eigenvalue weighted by Crippen LogP contribution is -2.53. The van der Waals surface area contributed by atoms with Crippen molar-refractivity contribution in [2.75, 3.05) is 13.7 Å². The number of aliphatic carboxylic acids is 1. The molecule has 1 aliphatic heterocycles. The van der Waals surface area contributed by atoms with Gasteiger partial charge >= 0.3 is 5.97 Å². The smallest absolute Gasteiger partial charge is 0.341 e. The van der Waals surface area contributed by atoms with Crippen molar-refractivity contribution < 1.29 is 28.9 Å². The molecule has 0 radical (unpaired) electrons. The number of rotatable bonds is 7. The van der Waals surface area contributed by atoms with Gasteiger partial charge in [0.2, 0.25) is 0 Å². The molecule has 2 aliphatic rings. The highest BCUT2D eigenvalue weighted by Gasteiger charge is 2.45. The number of carbonyl (C=O) groups excluding carboxylic acids is 1. The first-order valence-corrected chi connectivity index (χ1v) is 10.8. The molecule has 0 aromatic heterocycles. The van der Waals surface area contributed by atoms with Gasteiger partial charge in [0.1, 0.15) is 17.1 Å². The summed E-state index contributed by atoms with van der Waals surface area (Å²) in [6, 6.07) is 3.78. The number of Topliss-reactive ketones (excluding diaryl/α,β-unsaturated/α-hetero) is 1. The minimum absolute atomic E-state index is 0.00445. The first kappa shape index (κ1) is 24.0. The summed E-state index contributed by atoms with van der Waals surface area (Å²) >= 11 is 5.92. The zero-order valence-corrected chi connectivity index (χ0v) is 19.2. The van der Waals surface area contributed by atoms with Gasteiger partial charge in [0, 0.05) is 24.1 Å². The SMILES string of the molecule is COC1=C(Cc2cccc(Cl)c2F)C=C2C(=O)C(C(=O)O)=CN(C(CO)C(C)C)C2C1C. The Morgan fingerprint density at radius 1 is 1.34 bits per heavy atom. The van der Waals surface area contributed by atoms with Crippen LogP contribution in [0.3, 0.4) is 0 Å². The summed E-state index contributed by atoms with van der Waals surface area (Å²) in [6.07, 6.45) is 3.06. The van der Waals surface area contributed by atoms with E-state index in [1.807, 2.05) is 20.8 Å². The largest absolute Gasteiger partial charge is 0.500 e. The second-order valence-corrected chi connectivity index (χ2v) is 8.84. The van der Waals surface area contributed by atoms with Gasteiger partial charge in [0.25, 0.3) is 0 Å². The third kappa shape index (κ3) is 4.19. The number of ketones is 1. The van der Waals surface area contributed by atoms with Gasteiger partial charge in [-0.3, -0.25) is 4.79 Å². The van der Waals surface area contributed by atoms with Crippen molar-refractivity contribution in [1.29, 1.82) is 0 Å². The summed E-state index contributed by atoms with van der Waals surface area (Å²) in [5.41, 5.74) is 0.842. The van der Waals surface area contributed by atoms with Gasteiger partial charge in [-0.1, -0.05) is 44.5 Å².